The fourth-order valence-electron chi connectivity index (χ4n) is 2.12. The number of carbonyl (C=O) groups is 1. The number of hydrogen-bond donors (Lipinski definition) is 1. The number of pyridine rings is 1. The molecule has 0 saturated heterocycles. The van der Waals surface area contributed by atoms with Gasteiger partial charge < -0.3 is 10.2 Å². The van der Waals surface area contributed by atoms with Gasteiger partial charge in [0.25, 0.3) is 5.91 Å². The van der Waals surface area contributed by atoms with Gasteiger partial charge in [-0.25, -0.2) is 4.98 Å². The van der Waals surface area contributed by atoms with Crippen LogP contribution in [-0.4, -0.2) is 35.4 Å². The molecule has 0 fully saturated rings. The molecule has 1 rings (SSSR count). The van der Waals surface area contributed by atoms with E-state index < -0.39 is 0 Å². The lowest BCUT2D eigenvalue weighted by molar-refractivity contribution is 0.0740. The number of aromatic nitrogens is 1. The fraction of sp³-hybridized carbons (Fsp3) is 0.647. The zero-order chi connectivity index (χ0) is 15.8. The number of carbonyl (C=O) groups excluding carboxylic acids is 1. The van der Waals surface area contributed by atoms with Crippen molar-refractivity contribution in [3.8, 4) is 0 Å². The van der Waals surface area contributed by atoms with E-state index in [9.17, 15) is 4.79 Å². The maximum atomic E-state index is 12.6. The van der Waals surface area contributed by atoms with Gasteiger partial charge in [-0.1, -0.05) is 27.2 Å². The summed E-state index contributed by atoms with van der Waals surface area (Å²) in [7, 11) is 1.87. The largest absolute Gasteiger partial charge is 0.370 e. The summed E-state index contributed by atoms with van der Waals surface area (Å²) in [6, 6.07) is 4.05. The van der Waals surface area contributed by atoms with Gasteiger partial charge >= 0.3 is 0 Å². The van der Waals surface area contributed by atoms with Crippen molar-refractivity contribution in [1.82, 2.24) is 9.88 Å². The highest BCUT2D eigenvalue weighted by molar-refractivity contribution is 5.95. The Hall–Kier alpha value is -1.58. The number of rotatable bonds is 8. The molecule has 0 saturated carbocycles. The summed E-state index contributed by atoms with van der Waals surface area (Å²) in [5, 5.41) is 3.29. The molecule has 118 valence electrons. The SMILES string of the molecule is CCCNc1cc(C(=O)N(C)C(C)CC)cc(CCC)n1. The van der Waals surface area contributed by atoms with Crippen LogP contribution in [0.4, 0.5) is 5.82 Å². The third-order valence-corrected chi connectivity index (χ3v) is 3.76. The summed E-state index contributed by atoms with van der Waals surface area (Å²) in [6.07, 6.45) is 3.92. The Morgan fingerprint density at radius 1 is 1.29 bits per heavy atom. The Kier molecular flexibility index (Phi) is 7.20. The van der Waals surface area contributed by atoms with Crippen LogP contribution in [0.5, 0.6) is 0 Å². The van der Waals surface area contributed by atoms with Crippen LogP contribution in [0.1, 0.15) is 63.0 Å². The maximum Gasteiger partial charge on any atom is 0.254 e. The highest BCUT2D eigenvalue weighted by atomic mass is 16.2. The molecule has 0 aliphatic rings. The van der Waals surface area contributed by atoms with Gasteiger partial charge in [0.05, 0.1) is 0 Å². The van der Waals surface area contributed by atoms with Crippen molar-refractivity contribution < 1.29 is 4.79 Å². The molecule has 0 aromatic carbocycles. The van der Waals surface area contributed by atoms with Crippen LogP contribution in [-0.2, 0) is 6.42 Å². The third-order valence-electron chi connectivity index (χ3n) is 3.76. The summed E-state index contributed by atoms with van der Waals surface area (Å²) in [4.78, 5) is 19.0. The second-order valence-electron chi connectivity index (χ2n) is 5.58. The van der Waals surface area contributed by atoms with Gasteiger partial charge in [-0.05, 0) is 38.3 Å². The highest BCUT2D eigenvalue weighted by Gasteiger charge is 2.17. The smallest absolute Gasteiger partial charge is 0.254 e. The zero-order valence-corrected chi connectivity index (χ0v) is 14.1. The molecule has 21 heavy (non-hydrogen) atoms. The molecule has 1 aromatic heterocycles. The number of anilines is 1. The first kappa shape index (κ1) is 17.5. The van der Waals surface area contributed by atoms with E-state index in [1.54, 1.807) is 0 Å². The van der Waals surface area contributed by atoms with Crippen molar-refractivity contribution in [3.05, 3.63) is 23.4 Å². The molecule has 1 N–H and O–H groups in total. The van der Waals surface area contributed by atoms with E-state index in [1.807, 2.05) is 24.1 Å². The van der Waals surface area contributed by atoms with Crippen LogP contribution in [0.25, 0.3) is 0 Å². The molecule has 1 unspecified atom stereocenters. The molecular weight excluding hydrogens is 262 g/mol. The second kappa shape index (κ2) is 8.65. The first-order valence-corrected chi connectivity index (χ1v) is 8.05. The number of nitrogens with zero attached hydrogens (tertiary/aromatic N) is 2. The van der Waals surface area contributed by atoms with Gasteiger partial charge in [-0.2, -0.15) is 0 Å². The molecule has 0 bridgehead atoms. The van der Waals surface area contributed by atoms with Gasteiger partial charge in [0.15, 0.2) is 0 Å². The van der Waals surface area contributed by atoms with Gasteiger partial charge in [0, 0.05) is 30.9 Å². The monoisotopic (exact) mass is 291 g/mol. The van der Waals surface area contributed by atoms with Crippen LogP contribution in [0.15, 0.2) is 12.1 Å². The van der Waals surface area contributed by atoms with E-state index in [-0.39, 0.29) is 11.9 Å². The highest BCUT2D eigenvalue weighted by Crippen LogP contribution is 2.15. The average Bonchev–Trinajstić information content (AvgIpc) is 2.50. The second-order valence-corrected chi connectivity index (χ2v) is 5.58. The predicted octanol–water partition coefficient (Wildman–Crippen LogP) is 3.73. The minimum atomic E-state index is 0.0728. The third kappa shape index (κ3) is 5.03. The normalized spacial score (nSPS) is 12.0. The minimum Gasteiger partial charge on any atom is -0.370 e. The van der Waals surface area contributed by atoms with Crippen molar-refractivity contribution in [3.63, 3.8) is 0 Å². The Labute approximate surface area is 129 Å². The predicted molar refractivity (Wildman–Crippen MR) is 88.9 cm³/mol. The molecule has 0 spiro atoms. The minimum absolute atomic E-state index is 0.0728. The van der Waals surface area contributed by atoms with Crippen molar-refractivity contribution >= 4 is 11.7 Å². The quantitative estimate of drug-likeness (QED) is 0.794. The van der Waals surface area contributed by atoms with Gasteiger partial charge in [0.1, 0.15) is 5.82 Å². The van der Waals surface area contributed by atoms with E-state index >= 15 is 0 Å². The summed E-state index contributed by atoms with van der Waals surface area (Å²) in [5.74, 6) is 0.882. The number of aryl methyl sites for hydroxylation is 1. The van der Waals surface area contributed by atoms with Crippen molar-refractivity contribution in [2.75, 3.05) is 18.9 Å². The first-order valence-electron chi connectivity index (χ1n) is 8.05. The Bertz CT molecular complexity index is 459. The summed E-state index contributed by atoms with van der Waals surface area (Å²) in [6.45, 7) is 9.28. The Morgan fingerprint density at radius 2 is 2.00 bits per heavy atom. The molecule has 4 heteroatoms. The number of nitrogens with one attached hydrogen (secondary N) is 1. The molecule has 0 radical (unpaired) electrons. The number of hydrogen-bond acceptors (Lipinski definition) is 3. The molecule has 4 nitrogen and oxygen atoms in total. The van der Waals surface area contributed by atoms with Gasteiger partial charge in [-0.15, -0.1) is 0 Å². The molecule has 0 aliphatic carbocycles. The van der Waals surface area contributed by atoms with Crippen molar-refractivity contribution in [2.24, 2.45) is 0 Å². The van der Waals surface area contributed by atoms with E-state index in [0.717, 1.165) is 49.3 Å². The Balaban J connectivity index is 3.03. The van der Waals surface area contributed by atoms with Crippen molar-refractivity contribution in [1.29, 1.82) is 0 Å². The summed E-state index contributed by atoms with van der Waals surface area (Å²) >= 11 is 0. The molecule has 0 aliphatic heterocycles. The van der Waals surface area contributed by atoms with Crippen LogP contribution >= 0.6 is 0 Å². The van der Waals surface area contributed by atoms with Crippen LogP contribution < -0.4 is 5.32 Å². The van der Waals surface area contributed by atoms with E-state index in [2.05, 4.69) is 38.0 Å². The van der Waals surface area contributed by atoms with E-state index in [0.29, 0.717) is 0 Å². The molecule has 1 aromatic rings. The van der Waals surface area contributed by atoms with Crippen LogP contribution in [0, 0.1) is 0 Å². The van der Waals surface area contributed by atoms with Crippen molar-refractivity contribution in [2.45, 2.75) is 59.4 Å². The molecule has 1 heterocycles. The molecule has 1 atom stereocenters. The standard InChI is InChI=1S/C17H29N3O/c1-6-9-15-11-14(12-16(19-15)18-10-7-2)17(21)20(5)13(4)8-3/h11-13H,6-10H2,1-5H3,(H,18,19). The van der Waals surface area contributed by atoms with Gasteiger partial charge in [0.2, 0.25) is 0 Å². The zero-order valence-electron chi connectivity index (χ0n) is 14.1. The topological polar surface area (TPSA) is 45.2 Å². The van der Waals surface area contributed by atoms with Crippen LogP contribution in [0.3, 0.4) is 0 Å². The molecule has 1 amide bonds. The average molecular weight is 291 g/mol. The summed E-state index contributed by atoms with van der Waals surface area (Å²) in [5.41, 5.74) is 1.72. The number of amides is 1. The van der Waals surface area contributed by atoms with Crippen LogP contribution in [0.2, 0.25) is 0 Å². The maximum absolute atomic E-state index is 12.6. The lowest BCUT2D eigenvalue weighted by Gasteiger charge is -2.24. The first-order chi connectivity index (χ1) is 10.0. The van der Waals surface area contributed by atoms with Gasteiger partial charge in [-0.3, -0.25) is 4.79 Å². The van der Waals surface area contributed by atoms with E-state index in [4.69, 9.17) is 0 Å². The fourth-order valence-corrected chi connectivity index (χ4v) is 2.12. The van der Waals surface area contributed by atoms with E-state index in [1.165, 1.54) is 0 Å². The Morgan fingerprint density at radius 3 is 2.57 bits per heavy atom. The lowest BCUT2D eigenvalue weighted by Crippen LogP contribution is -2.34. The summed E-state index contributed by atoms with van der Waals surface area (Å²) < 4.78 is 0. The lowest BCUT2D eigenvalue weighted by atomic mass is 10.1. The molecular formula is C17H29N3O.